The molecule has 0 aliphatic carbocycles. The van der Waals surface area contributed by atoms with Crippen molar-refractivity contribution in [2.45, 2.75) is 6.54 Å². The molecule has 1 fully saturated rings. The lowest BCUT2D eigenvalue weighted by Gasteiger charge is -2.36. The molecule has 106 valence electrons. The summed E-state index contributed by atoms with van der Waals surface area (Å²) in [4.78, 5) is 6.37. The van der Waals surface area contributed by atoms with Crippen molar-refractivity contribution < 1.29 is 0 Å². The van der Waals surface area contributed by atoms with Gasteiger partial charge in [0.2, 0.25) is 0 Å². The fourth-order valence-electron chi connectivity index (χ4n) is 2.46. The largest absolute Gasteiger partial charge is 0.369 e. The minimum Gasteiger partial charge on any atom is -0.369 e. The quantitative estimate of drug-likeness (QED) is 0.784. The van der Waals surface area contributed by atoms with Gasteiger partial charge in [-0.25, -0.2) is 0 Å². The van der Waals surface area contributed by atoms with Crippen molar-refractivity contribution in [1.29, 1.82) is 0 Å². The predicted molar refractivity (Wildman–Crippen MR) is 91.0 cm³/mol. The van der Waals surface area contributed by atoms with E-state index >= 15 is 0 Å². The van der Waals surface area contributed by atoms with E-state index in [0.29, 0.717) is 0 Å². The molecule has 5 heteroatoms. The monoisotopic (exact) mass is 370 g/mol. The first-order valence-corrected chi connectivity index (χ1v) is 8.72. The van der Waals surface area contributed by atoms with Gasteiger partial charge in [0.1, 0.15) is 0 Å². The first-order chi connectivity index (χ1) is 9.72. The van der Waals surface area contributed by atoms with Gasteiger partial charge in [-0.15, -0.1) is 11.3 Å². The van der Waals surface area contributed by atoms with Crippen LogP contribution in [0.2, 0.25) is 5.02 Å². The second-order valence-corrected chi connectivity index (χ2v) is 7.22. The van der Waals surface area contributed by atoms with Crippen molar-refractivity contribution in [3.8, 4) is 0 Å². The molecule has 0 amide bonds. The zero-order valence-corrected chi connectivity index (χ0v) is 14.2. The van der Waals surface area contributed by atoms with Gasteiger partial charge in [0.25, 0.3) is 0 Å². The van der Waals surface area contributed by atoms with E-state index in [1.165, 1.54) is 15.0 Å². The molecule has 1 aliphatic rings. The summed E-state index contributed by atoms with van der Waals surface area (Å²) in [6.07, 6.45) is 0. The number of anilines is 1. The molecule has 1 aromatic heterocycles. The van der Waals surface area contributed by atoms with Crippen LogP contribution >= 0.6 is 38.9 Å². The third-order valence-corrected chi connectivity index (χ3v) is 5.79. The number of rotatable bonds is 3. The number of thiophene rings is 1. The van der Waals surface area contributed by atoms with Crippen LogP contribution in [0.4, 0.5) is 5.69 Å². The Kier molecular flexibility index (Phi) is 4.66. The summed E-state index contributed by atoms with van der Waals surface area (Å²) in [5.41, 5.74) is 1.27. The van der Waals surface area contributed by atoms with Gasteiger partial charge in [-0.1, -0.05) is 11.6 Å². The maximum Gasteiger partial charge on any atom is 0.0407 e. The first kappa shape index (κ1) is 14.4. The SMILES string of the molecule is Clc1ccc(N2CCN(Cc3sccc3Br)CC2)cc1. The van der Waals surface area contributed by atoms with Crippen molar-refractivity contribution in [1.82, 2.24) is 4.90 Å². The van der Waals surface area contributed by atoms with Gasteiger partial charge in [0.15, 0.2) is 0 Å². The molecular weight excluding hydrogens is 356 g/mol. The minimum absolute atomic E-state index is 0.801. The highest BCUT2D eigenvalue weighted by Crippen LogP contribution is 2.25. The minimum atomic E-state index is 0.801. The highest BCUT2D eigenvalue weighted by molar-refractivity contribution is 9.10. The lowest BCUT2D eigenvalue weighted by atomic mass is 10.2. The fraction of sp³-hybridized carbons (Fsp3) is 0.333. The molecule has 1 saturated heterocycles. The van der Waals surface area contributed by atoms with E-state index in [9.17, 15) is 0 Å². The van der Waals surface area contributed by atoms with Crippen LogP contribution in [0, 0.1) is 0 Å². The van der Waals surface area contributed by atoms with Gasteiger partial charge < -0.3 is 4.90 Å². The van der Waals surface area contributed by atoms with Gasteiger partial charge in [0.05, 0.1) is 0 Å². The molecule has 3 rings (SSSR count). The van der Waals surface area contributed by atoms with E-state index in [1.54, 1.807) is 0 Å². The van der Waals surface area contributed by atoms with E-state index in [-0.39, 0.29) is 0 Å². The summed E-state index contributed by atoms with van der Waals surface area (Å²) in [5, 5.41) is 2.94. The third-order valence-electron chi connectivity index (χ3n) is 3.62. The Balaban J connectivity index is 1.57. The number of nitrogens with zero attached hydrogens (tertiary/aromatic N) is 2. The van der Waals surface area contributed by atoms with Crippen LogP contribution in [-0.2, 0) is 6.54 Å². The van der Waals surface area contributed by atoms with Gasteiger partial charge in [0, 0.05) is 52.8 Å². The van der Waals surface area contributed by atoms with E-state index in [1.807, 2.05) is 23.5 Å². The third kappa shape index (κ3) is 3.37. The van der Waals surface area contributed by atoms with Crippen LogP contribution in [0.3, 0.4) is 0 Å². The van der Waals surface area contributed by atoms with E-state index in [2.05, 4.69) is 49.3 Å². The van der Waals surface area contributed by atoms with Crippen LogP contribution in [-0.4, -0.2) is 31.1 Å². The summed E-state index contributed by atoms with van der Waals surface area (Å²) in [5.74, 6) is 0. The molecule has 0 saturated carbocycles. The summed E-state index contributed by atoms with van der Waals surface area (Å²) in [6.45, 7) is 5.40. The van der Waals surface area contributed by atoms with E-state index < -0.39 is 0 Å². The van der Waals surface area contributed by atoms with Crippen LogP contribution in [0.5, 0.6) is 0 Å². The summed E-state index contributed by atoms with van der Waals surface area (Å²) >= 11 is 11.4. The number of hydrogen-bond acceptors (Lipinski definition) is 3. The van der Waals surface area contributed by atoms with Crippen molar-refractivity contribution in [3.05, 3.63) is 50.1 Å². The Labute approximate surface area is 137 Å². The Hall–Kier alpha value is -0.550. The van der Waals surface area contributed by atoms with Crippen LogP contribution in [0.1, 0.15) is 4.88 Å². The van der Waals surface area contributed by atoms with Gasteiger partial charge in [-0.2, -0.15) is 0 Å². The van der Waals surface area contributed by atoms with E-state index in [0.717, 1.165) is 37.7 Å². The molecule has 1 aliphatic heterocycles. The standard InChI is InChI=1S/C15H16BrClN2S/c16-14-5-10-20-15(14)11-18-6-8-19(9-7-18)13-3-1-12(17)2-4-13/h1-5,10H,6-9,11H2. The molecule has 1 aromatic carbocycles. The van der Waals surface area contributed by atoms with Crippen molar-refractivity contribution in [2.24, 2.45) is 0 Å². The normalized spacial score (nSPS) is 16.6. The summed E-state index contributed by atoms with van der Waals surface area (Å²) < 4.78 is 1.24. The van der Waals surface area contributed by atoms with Gasteiger partial charge >= 0.3 is 0 Å². The molecule has 2 aromatic rings. The molecule has 0 unspecified atom stereocenters. The Morgan fingerprint density at radius 2 is 1.75 bits per heavy atom. The first-order valence-electron chi connectivity index (χ1n) is 6.67. The van der Waals surface area contributed by atoms with Crippen molar-refractivity contribution >= 4 is 44.6 Å². The number of hydrogen-bond donors (Lipinski definition) is 0. The van der Waals surface area contributed by atoms with Gasteiger partial charge in [-0.3, -0.25) is 4.90 Å². The fourth-order valence-corrected chi connectivity index (χ4v) is 4.10. The second kappa shape index (κ2) is 6.48. The zero-order valence-electron chi connectivity index (χ0n) is 11.1. The molecule has 0 spiro atoms. The average Bonchev–Trinajstić information content (AvgIpc) is 2.86. The zero-order chi connectivity index (χ0) is 13.9. The number of halogens is 2. The second-order valence-electron chi connectivity index (χ2n) is 4.93. The molecule has 20 heavy (non-hydrogen) atoms. The molecule has 0 bridgehead atoms. The maximum absolute atomic E-state index is 5.94. The highest BCUT2D eigenvalue weighted by Gasteiger charge is 2.18. The lowest BCUT2D eigenvalue weighted by molar-refractivity contribution is 0.251. The maximum atomic E-state index is 5.94. The van der Waals surface area contributed by atoms with Crippen LogP contribution in [0.25, 0.3) is 0 Å². The Morgan fingerprint density at radius 1 is 1.05 bits per heavy atom. The smallest absolute Gasteiger partial charge is 0.0407 e. The molecule has 2 heterocycles. The number of piperazine rings is 1. The predicted octanol–water partition coefficient (Wildman–Crippen LogP) is 4.49. The van der Waals surface area contributed by atoms with E-state index in [4.69, 9.17) is 11.6 Å². The molecular formula is C15H16BrClN2S. The topological polar surface area (TPSA) is 6.48 Å². The molecule has 0 atom stereocenters. The summed E-state index contributed by atoms with van der Waals surface area (Å²) in [6, 6.07) is 10.3. The Morgan fingerprint density at radius 3 is 2.35 bits per heavy atom. The number of benzene rings is 1. The van der Waals surface area contributed by atoms with Crippen LogP contribution in [0.15, 0.2) is 40.2 Å². The lowest BCUT2D eigenvalue weighted by Crippen LogP contribution is -2.45. The molecule has 0 radical (unpaired) electrons. The summed E-state index contributed by atoms with van der Waals surface area (Å²) in [7, 11) is 0. The average molecular weight is 372 g/mol. The molecule has 2 nitrogen and oxygen atoms in total. The molecule has 0 N–H and O–H groups in total. The Bertz CT molecular complexity index is 562. The van der Waals surface area contributed by atoms with Crippen molar-refractivity contribution in [2.75, 3.05) is 31.1 Å². The highest BCUT2D eigenvalue weighted by atomic mass is 79.9. The van der Waals surface area contributed by atoms with Crippen LogP contribution < -0.4 is 4.90 Å². The van der Waals surface area contributed by atoms with Crippen molar-refractivity contribution in [3.63, 3.8) is 0 Å². The van der Waals surface area contributed by atoms with Gasteiger partial charge in [-0.05, 0) is 51.6 Å².